The number of amides is 3. The minimum atomic E-state index is -1.42. The third kappa shape index (κ3) is 8.39. The standard InChI is InChI=1S/C14H24N4O8/c1-6(2)11(18-12(24)7(15)3-9(20)21)14(26)17-8(5-19)13(25)16-4-10(22)23/h6-8,11,19H,3-5,15H2,1-2H3,(H,16,25)(H,17,26)(H,18,24)(H,20,21)(H,22,23). The highest BCUT2D eigenvalue weighted by molar-refractivity contribution is 5.94. The zero-order chi connectivity index (χ0) is 20.4. The third-order valence-electron chi connectivity index (χ3n) is 3.21. The molecule has 148 valence electrons. The first-order chi connectivity index (χ1) is 12.0. The lowest BCUT2D eigenvalue weighted by Crippen LogP contribution is -2.58. The topological polar surface area (TPSA) is 208 Å². The fourth-order valence-corrected chi connectivity index (χ4v) is 1.82. The molecule has 0 aromatic heterocycles. The molecular formula is C14H24N4O8. The van der Waals surface area contributed by atoms with Gasteiger partial charge in [-0.1, -0.05) is 13.8 Å². The first-order valence-electron chi connectivity index (χ1n) is 7.68. The van der Waals surface area contributed by atoms with Crippen molar-refractivity contribution in [1.29, 1.82) is 0 Å². The number of aliphatic hydroxyl groups is 1. The van der Waals surface area contributed by atoms with E-state index in [1.807, 2.05) is 5.32 Å². The first kappa shape index (κ1) is 23.3. The van der Waals surface area contributed by atoms with Crippen molar-refractivity contribution in [3.05, 3.63) is 0 Å². The van der Waals surface area contributed by atoms with E-state index in [-0.39, 0.29) is 0 Å². The summed E-state index contributed by atoms with van der Waals surface area (Å²) in [6.07, 6.45) is -0.630. The predicted molar refractivity (Wildman–Crippen MR) is 86.7 cm³/mol. The van der Waals surface area contributed by atoms with Gasteiger partial charge < -0.3 is 37.0 Å². The van der Waals surface area contributed by atoms with Crippen LogP contribution in [0.15, 0.2) is 0 Å². The van der Waals surface area contributed by atoms with E-state index < -0.39 is 73.3 Å². The lowest BCUT2D eigenvalue weighted by Gasteiger charge is -2.25. The van der Waals surface area contributed by atoms with E-state index in [9.17, 15) is 29.1 Å². The quantitative estimate of drug-likeness (QED) is 0.191. The highest BCUT2D eigenvalue weighted by atomic mass is 16.4. The summed E-state index contributed by atoms with van der Waals surface area (Å²) in [4.78, 5) is 56.9. The zero-order valence-corrected chi connectivity index (χ0v) is 14.4. The number of aliphatic carboxylic acids is 2. The van der Waals surface area contributed by atoms with Crippen LogP contribution in [0, 0.1) is 5.92 Å². The largest absolute Gasteiger partial charge is 0.481 e. The molecule has 12 heteroatoms. The molecule has 3 atom stereocenters. The van der Waals surface area contributed by atoms with Crippen LogP contribution in [-0.4, -0.2) is 76.3 Å². The fourth-order valence-electron chi connectivity index (χ4n) is 1.82. The van der Waals surface area contributed by atoms with Crippen molar-refractivity contribution >= 4 is 29.7 Å². The maximum atomic E-state index is 12.3. The maximum absolute atomic E-state index is 12.3. The lowest BCUT2D eigenvalue weighted by atomic mass is 10.0. The van der Waals surface area contributed by atoms with Crippen molar-refractivity contribution in [2.75, 3.05) is 13.2 Å². The minimum absolute atomic E-state index is 0.447. The molecule has 26 heavy (non-hydrogen) atoms. The smallest absolute Gasteiger partial charge is 0.322 e. The molecular weight excluding hydrogens is 352 g/mol. The number of nitrogens with one attached hydrogen (secondary N) is 3. The molecule has 0 fully saturated rings. The van der Waals surface area contributed by atoms with Crippen LogP contribution in [0.25, 0.3) is 0 Å². The van der Waals surface area contributed by atoms with Crippen molar-refractivity contribution in [3.63, 3.8) is 0 Å². The normalized spacial score (nSPS) is 14.0. The summed E-state index contributed by atoms with van der Waals surface area (Å²) in [5, 5.41) is 32.8. The molecule has 0 bridgehead atoms. The van der Waals surface area contributed by atoms with Gasteiger partial charge in [0.1, 0.15) is 18.6 Å². The molecule has 0 aromatic carbocycles. The Labute approximate surface area is 149 Å². The second-order valence-electron chi connectivity index (χ2n) is 5.79. The van der Waals surface area contributed by atoms with Gasteiger partial charge in [-0.05, 0) is 5.92 Å². The number of hydrogen-bond acceptors (Lipinski definition) is 7. The van der Waals surface area contributed by atoms with Crippen LogP contribution < -0.4 is 21.7 Å². The van der Waals surface area contributed by atoms with Gasteiger partial charge in [-0.15, -0.1) is 0 Å². The van der Waals surface area contributed by atoms with Crippen LogP contribution in [0.3, 0.4) is 0 Å². The Morgan fingerprint density at radius 1 is 0.923 bits per heavy atom. The van der Waals surface area contributed by atoms with Crippen molar-refractivity contribution in [2.24, 2.45) is 11.7 Å². The fraction of sp³-hybridized carbons (Fsp3) is 0.643. The van der Waals surface area contributed by atoms with Gasteiger partial charge in [-0.2, -0.15) is 0 Å². The predicted octanol–water partition coefficient (Wildman–Crippen LogP) is -3.39. The van der Waals surface area contributed by atoms with Crippen LogP contribution in [0.5, 0.6) is 0 Å². The second kappa shape index (κ2) is 11.0. The summed E-state index contributed by atoms with van der Waals surface area (Å²) >= 11 is 0. The molecule has 0 rings (SSSR count). The molecule has 0 saturated heterocycles. The van der Waals surface area contributed by atoms with Gasteiger partial charge in [-0.3, -0.25) is 24.0 Å². The molecule has 0 aliphatic carbocycles. The van der Waals surface area contributed by atoms with Crippen LogP contribution in [0.1, 0.15) is 20.3 Å². The Hall–Kier alpha value is -2.73. The molecule has 0 aliphatic rings. The van der Waals surface area contributed by atoms with Gasteiger partial charge in [0.25, 0.3) is 0 Å². The number of carbonyl (C=O) groups excluding carboxylic acids is 3. The van der Waals surface area contributed by atoms with Crippen molar-refractivity contribution < 1.29 is 39.3 Å². The highest BCUT2D eigenvalue weighted by Gasteiger charge is 2.30. The SMILES string of the molecule is CC(C)C(NC(=O)C(N)CC(=O)O)C(=O)NC(CO)C(=O)NCC(=O)O. The monoisotopic (exact) mass is 376 g/mol. The average molecular weight is 376 g/mol. The Morgan fingerprint density at radius 2 is 1.50 bits per heavy atom. The number of aliphatic hydroxyl groups excluding tert-OH is 1. The molecule has 3 amide bonds. The zero-order valence-electron chi connectivity index (χ0n) is 14.4. The molecule has 8 N–H and O–H groups in total. The van der Waals surface area contributed by atoms with E-state index in [4.69, 9.17) is 15.9 Å². The van der Waals surface area contributed by atoms with E-state index in [1.54, 1.807) is 13.8 Å². The van der Waals surface area contributed by atoms with E-state index in [0.29, 0.717) is 0 Å². The Bertz CT molecular complexity index is 551. The number of carboxylic acid groups (broad SMARTS) is 2. The van der Waals surface area contributed by atoms with Gasteiger partial charge in [0, 0.05) is 0 Å². The Morgan fingerprint density at radius 3 is 1.92 bits per heavy atom. The van der Waals surface area contributed by atoms with E-state index in [2.05, 4.69) is 10.6 Å². The average Bonchev–Trinajstić information content (AvgIpc) is 2.53. The molecule has 0 heterocycles. The summed E-state index contributed by atoms with van der Waals surface area (Å²) in [6, 6.07) is -3.94. The third-order valence-corrected chi connectivity index (χ3v) is 3.21. The van der Waals surface area contributed by atoms with Crippen molar-refractivity contribution in [3.8, 4) is 0 Å². The van der Waals surface area contributed by atoms with Crippen LogP contribution in [0.4, 0.5) is 0 Å². The molecule has 12 nitrogen and oxygen atoms in total. The summed E-state index contributed by atoms with van der Waals surface area (Å²) in [6.45, 7) is 1.69. The summed E-state index contributed by atoms with van der Waals surface area (Å²) < 4.78 is 0. The van der Waals surface area contributed by atoms with Gasteiger partial charge in [0.05, 0.1) is 19.1 Å². The van der Waals surface area contributed by atoms with Gasteiger partial charge in [-0.25, -0.2) is 0 Å². The number of rotatable bonds is 11. The van der Waals surface area contributed by atoms with E-state index in [1.165, 1.54) is 0 Å². The van der Waals surface area contributed by atoms with Crippen molar-refractivity contribution in [2.45, 2.75) is 38.4 Å². The number of carbonyl (C=O) groups is 5. The van der Waals surface area contributed by atoms with Gasteiger partial charge in [0.15, 0.2) is 0 Å². The number of hydrogen-bond donors (Lipinski definition) is 7. The minimum Gasteiger partial charge on any atom is -0.481 e. The summed E-state index contributed by atoms with van der Waals surface area (Å²) in [5.41, 5.74) is 5.43. The molecule has 0 spiro atoms. The Balaban J connectivity index is 4.94. The summed E-state index contributed by atoms with van der Waals surface area (Å²) in [7, 11) is 0. The molecule has 3 unspecified atom stereocenters. The Kier molecular flexibility index (Phi) is 9.84. The molecule has 0 aliphatic heterocycles. The molecule has 0 radical (unpaired) electrons. The molecule has 0 saturated carbocycles. The first-order valence-corrected chi connectivity index (χ1v) is 7.68. The lowest BCUT2D eigenvalue weighted by molar-refractivity contribution is -0.140. The molecule has 0 aromatic rings. The van der Waals surface area contributed by atoms with E-state index >= 15 is 0 Å². The van der Waals surface area contributed by atoms with Crippen LogP contribution in [0.2, 0.25) is 0 Å². The van der Waals surface area contributed by atoms with Gasteiger partial charge in [0.2, 0.25) is 17.7 Å². The van der Waals surface area contributed by atoms with Crippen molar-refractivity contribution in [1.82, 2.24) is 16.0 Å². The highest BCUT2D eigenvalue weighted by Crippen LogP contribution is 2.04. The summed E-state index contributed by atoms with van der Waals surface area (Å²) in [5.74, 6) is -5.63. The second-order valence-corrected chi connectivity index (χ2v) is 5.79. The maximum Gasteiger partial charge on any atom is 0.322 e. The van der Waals surface area contributed by atoms with Crippen LogP contribution in [-0.2, 0) is 24.0 Å². The van der Waals surface area contributed by atoms with E-state index in [0.717, 1.165) is 0 Å². The van der Waals surface area contributed by atoms with Gasteiger partial charge >= 0.3 is 11.9 Å². The van der Waals surface area contributed by atoms with Crippen LogP contribution >= 0.6 is 0 Å². The number of carboxylic acids is 2. The number of nitrogens with two attached hydrogens (primary N) is 1.